The van der Waals surface area contributed by atoms with Crippen LogP contribution in [0.3, 0.4) is 0 Å². The van der Waals surface area contributed by atoms with E-state index in [1.165, 1.54) is 12.8 Å². The fraction of sp³-hybridized carbons (Fsp3) is 0.400. The number of imidazole rings is 1. The molecule has 14 heavy (non-hydrogen) atoms. The SMILES string of the molecule is c1cc2[nH]cnc2c(C2CCCN2)n1. The quantitative estimate of drug-likeness (QED) is 0.711. The van der Waals surface area contributed by atoms with Gasteiger partial charge in [-0.05, 0) is 25.5 Å². The fourth-order valence-electron chi connectivity index (χ4n) is 2.06. The zero-order chi connectivity index (χ0) is 9.38. The maximum Gasteiger partial charge on any atom is 0.111 e. The lowest BCUT2D eigenvalue weighted by molar-refractivity contribution is 0.633. The third-order valence-corrected chi connectivity index (χ3v) is 2.76. The lowest BCUT2D eigenvalue weighted by atomic mass is 10.1. The molecule has 72 valence electrons. The molecule has 0 spiro atoms. The van der Waals surface area contributed by atoms with Crippen molar-refractivity contribution in [2.24, 2.45) is 0 Å². The largest absolute Gasteiger partial charge is 0.344 e. The minimum Gasteiger partial charge on any atom is -0.344 e. The van der Waals surface area contributed by atoms with Crippen molar-refractivity contribution in [2.45, 2.75) is 18.9 Å². The molecule has 0 aliphatic carbocycles. The summed E-state index contributed by atoms with van der Waals surface area (Å²) in [6.45, 7) is 1.09. The van der Waals surface area contributed by atoms with Gasteiger partial charge < -0.3 is 10.3 Å². The third kappa shape index (κ3) is 1.11. The molecule has 4 heteroatoms. The van der Waals surface area contributed by atoms with Gasteiger partial charge in [0, 0.05) is 6.20 Å². The molecule has 2 aromatic rings. The number of fused-ring (bicyclic) bond motifs is 1. The molecule has 1 saturated heterocycles. The Labute approximate surface area is 81.8 Å². The van der Waals surface area contributed by atoms with Gasteiger partial charge in [0.2, 0.25) is 0 Å². The Morgan fingerprint density at radius 1 is 1.36 bits per heavy atom. The maximum atomic E-state index is 4.42. The second-order valence-electron chi connectivity index (χ2n) is 3.64. The molecule has 3 heterocycles. The average molecular weight is 188 g/mol. The van der Waals surface area contributed by atoms with E-state index in [0.717, 1.165) is 23.3 Å². The number of nitrogens with one attached hydrogen (secondary N) is 2. The first-order valence-electron chi connectivity index (χ1n) is 4.96. The van der Waals surface area contributed by atoms with Crippen LogP contribution in [0.5, 0.6) is 0 Å². The molecular weight excluding hydrogens is 176 g/mol. The number of hydrogen-bond acceptors (Lipinski definition) is 3. The highest BCUT2D eigenvalue weighted by Gasteiger charge is 2.20. The molecule has 1 unspecified atom stereocenters. The Bertz CT molecular complexity index is 442. The molecule has 2 N–H and O–H groups in total. The molecule has 1 aliphatic heterocycles. The van der Waals surface area contributed by atoms with Gasteiger partial charge in [0.25, 0.3) is 0 Å². The zero-order valence-corrected chi connectivity index (χ0v) is 7.83. The van der Waals surface area contributed by atoms with Gasteiger partial charge in [-0.2, -0.15) is 0 Å². The van der Waals surface area contributed by atoms with E-state index in [9.17, 15) is 0 Å². The van der Waals surface area contributed by atoms with Gasteiger partial charge >= 0.3 is 0 Å². The van der Waals surface area contributed by atoms with Crippen LogP contribution >= 0.6 is 0 Å². The van der Waals surface area contributed by atoms with Gasteiger partial charge in [-0.15, -0.1) is 0 Å². The highest BCUT2D eigenvalue weighted by molar-refractivity contribution is 5.76. The van der Waals surface area contributed by atoms with Crippen LogP contribution < -0.4 is 5.32 Å². The van der Waals surface area contributed by atoms with E-state index in [2.05, 4.69) is 20.3 Å². The topological polar surface area (TPSA) is 53.6 Å². The first kappa shape index (κ1) is 7.94. The summed E-state index contributed by atoms with van der Waals surface area (Å²) in [6, 6.07) is 2.35. The summed E-state index contributed by atoms with van der Waals surface area (Å²) in [5, 5.41) is 3.44. The summed E-state index contributed by atoms with van der Waals surface area (Å²) in [5.41, 5.74) is 3.16. The molecule has 0 amide bonds. The number of aromatic amines is 1. The standard InChI is InChI=1S/C10H12N4/c1-2-7(11-4-1)9-10-8(3-5-12-9)13-6-14-10/h3,5-7,11H,1-2,4H2,(H,13,14). The fourth-order valence-corrected chi connectivity index (χ4v) is 2.06. The number of rotatable bonds is 1. The van der Waals surface area contributed by atoms with Crippen LogP contribution in [-0.2, 0) is 0 Å². The lowest BCUT2D eigenvalue weighted by Gasteiger charge is -2.09. The van der Waals surface area contributed by atoms with Crippen molar-refractivity contribution in [3.05, 3.63) is 24.3 Å². The van der Waals surface area contributed by atoms with Crippen LogP contribution in [0.2, 0.25) is 0 Å². The third-order valence-electron chi connectivity index (χ3n) is 2.76. The molecule has 1 fully saturated rings. The van der Waals surface area contributed by atoms with Gasteiger partial charge in [0.05, 0.1) is 23.6 Å². The van der Waals surface area contributed by atoms with Crippen molar-refractivity contribution >= 4 is 11.0 Å². The van der Waals surface area contributed by atoms with Crippen LogP contribution in [-0.4, -0.2) is 21.5 Å². The zero-order valence-electron chi connectivity index (χ0n) is 7.83. The Morgan fingerprint density at radius 2 is 2.36 bits per heavy atom. The number of H-pyrrole nitrogens is 1. The molecule has 4 nitrogen and oxygen atoms in total. The highest BCUT2D eigenvalue weighted by atomic mass is 15.0. The summed E-state index contributed by atoms with van der Waals surface area (Å²) in [7, 11) is 0. The summed E-state index contributed by atoms with van der Waals surface area (Å²) in [5.74, 6) is 0. The van der Waals surface area contributed by atoms with Crippen LogP contribution in [0.15, 0.2) is 18.6 Å². The Morgan fingerprint density at radius 3 is 3.21 bits per heavy atom. The van der Waals surface area contributed by atoms with Crippen molar-refractivity contribution < 1.29 is 0 Å². The molecule has 0 saturated carbocycles. The normalized spacial score (nSPS) is 21.9. The Hall–Kier alpha value is -1.42. The predicted octanol–water partition coefficient (Wildman–Crippen LogP) is 1.38. The van der Waals surface area contributed by atoms with Crippen molar-refractivity contribution in [3.63, 3.8) is 0 Å². The van der Waals surface area contributed by atoms with Crippen molar-refractivity contribution in [1.29, 1.82) is 0 Å². The van der Waals surface area contributed by atoms with Crippen LogP contribution in [0.1, 0.15) is 24.6 Å². The second-order valence-corrected chi connectivity index (χ2v) is 3.64. The molecule has 1 atom stereocenters. The van der Waals surface area contributed by atoms with E-state index in [-0.39, 0.29) is 0 Å². The average Bonchev–Trinajstić information content (AvgIpc) is 2.88. The van der Waals surface area contributed by atoms with Gasteiger partial charge in [0.15, 0.2) is 0 Å². The van der Waals surface area contributed by atoms with Crippen molar-refractivity contribution in [2.75, 3.05) is 6.54 Å². The molecule has 0 aromatic carbocycles. The van der Waals surface area contributed by atoms with Crippen LogP contribution in [0.4, 0.5) is 0 Å². The van der Waals surface area contributed by atoms with Gasteiger partial charge in [-0.3, -0.25) is 4.98 Å². The Kier molecular flexibility index (Phi) is 1.73. The number of pyridine rings is 1. The van der Waals surface area contributed by atoms with Crippen molar-refractivity contribution in [3.8, 4) is 0 Å². The molecule has 3 rings (SSSR count). The van der Waals surface area contributed by atoms with E-state index >= 15 is 0 Å². The van der Waals surface area contributed by atoms with E-state index in [0.29, 0.717) is 6.04 Å². The van der Waals surface area contributed by atoms with E-state index in [1.54, 1.807) is 6.33 Å². The van der Waals surface area contributed by atoms with E-state index < -0.39 is 0 Å². The molecular formula is C10H12N4. The maximum absolute atomic E-state index is 4.42. The molecule has 2 aromatic heterocycles. The minimum atomic E-state index is 0.391. The molecule has 0 radical (unpaired) electrons. The summed E-state index contributed by atoms with van der Waals surface area (Å²) in [6.07, 6.45) is 5.97. The summed E-state index contributed by atoms with van der Waals surface area (Å²) < 4.78 is 0. The first-order valence-corrected chi connectivity index (χ1v) is 4.96. The summed E-state index contributed by atoms with van der Waals surface area (Å²) in [4.78, 5) is 11.8. The molecule has 1 aliphatic rings. The highest BCUT2D eigenvalue weighted by Crippen LogP contribution is 2.25. The smallest absolute Gasteiger partial charge is 0.111 e. The predicted molar refractivity (Wildman–Crippen MR) is 53.9 cm³/mol. The van der Waals surface area contributed by atoms with Gasteiger partial charge in [-0.25, -0.2) is 4.98 Å². The Balaban J connectivity index is 2.14. The van der Waals surface area contributed by atoms with Crippen molar-refractivity contribution in [1.82, 2.24) is 20.3 Å². The van der Waals surface area contributed by atoms with E-state index in [4.69, 9.17) is 0 Å². The first-order chi connectivity index (χ1) is 6.95. The molecule has 0 bridgehead atoms. The van der Waals surface area contributed by atoms with E-state index in [1.807, 2.05) is 12.3 Å². The van der Waals surface area contributed by atoms with Crippen LogP contribution in [0, 0.1) is 0 Å². The summed E-state index contributed by atoms with van der Waals surface area (Å²) >= 11 is 0. The van der Waals surface area contributed by atoms with Crippen LogP contribution in [0.25, 0.3) is 11.0 Å². The monoisotopic (exact) mass is 188 g/mol. The number of nitrogens with zero attached hydrogens (tertiary/aromatic N) is 2. The van der Waals surface area contributed by atoms with Gasteiger partial charge in [-0.1, -0.05) is 0 Å². The van der Waals surface area contributed by atoms with Gasteiger partial charge in [0.1, 0.15) is 5.52 Å². The lowest BCUT2D eigenvalue weighted by Crippen LogP contribution is -2.14. The number of aromatic nitrogens is 3. The minimum absolute atomic E-state index is 0.391. The number of hydrogen-bond donors (Lipinski definition) is 2. The second kappa shape index (κ2) is 3.06.